The first-order valence-corrected chi connectivity index (χ1v) is 23.4. The summed E-state index contributed by atoms with van der Waals surface area (Å²) in [7, 11) is -3.11. The molecule has 1 fully saturated rings. The Morgan fingerprint density at radius 2 is 1.93 bits per heavy atom. The number of nitrogens with zero attached hydrogens (tertiary/aromatic N) is 5. The van der Waals surface area contributed by atoms with Gasteiger partial charge in [-0.1, -0.05) is 72.2 Å². The lowest BCUT2D eigenvalue weighted by Gasteiger charge is -2.38. The fourth-order valence-electron chi connectivity index (χ4n) is 5.08. The van der Waals surface area contributed by atoms with Crippen LogP contribution in [0, 0.1) is 11.7 Å². The second-order valence-corrected chi connectivity index (χ2v) is 27.7. The molecule has 8 nitrogen and oxygen atoms in total. The van der Waals surface area contributed by atoms with Gasteiger partial charge in [-0.15, -0.1) is 5.10 Å². The van der Waals surface area contributed by atoms with Gasteiger partial charge in [0.05, 0.1) is 11.9 Å². The van der Waals surface area contributed by atoms with E-state index in [2.05, 4.69) is 65.5 Å². The molecule has 2 aliphatic rings. The third kappa shape index (κ3) is 7.97. The Morgan fingerprint density at radius 3 is 2.51 bits per heavy atom. The Morgan fingerprint density at radius 1 is 1.23 bits per heavy atom. The third-order valence-electron chi connectivity index (χ3n) is 7.59. The molecule has 1 saturated carbocycles. The lowest BCUT2D eigenvalue weighted by Crippen LogP contribution is -2.47. The van der Waals surface area contributed by atoms with Crippen LogP contribution in [0.5, 0.6) is 0 Å². The number of thioether (sulfide) groups is 1. The van der Waals surface area contributed by atoms with Crippen LogP contribution in [0.15, 0.2) is 33.9 Å². The number of benzene rings is 1. The average molecular weight is 717 g/mol. The van der Waals surface area contributed by atoms with Gasteiger partial charge in [-0.2, -0.15) is 0 Å². The number of carbonyl (C=O) groups excluding carboxylic acids is 1. The van der Waals surface area contributed by atoms with Gasteiger partial charge < -0.3 is 9.47 Å². The lowest BCUT2D eigenvalue weighted by atomic mass is 9.85. The van der Waals surface area contributed by atoms with E-state index in [9.17, 15) is 4.79 Å². The second-order valence-electron chi connectivity index (χ2n) is 14.8. The number of amides is 1. The minimum atomic E-state index is -1.71. The number of rotatable bonds is 10. The first kappa shape index (κ1) is 34.3. The SMILES string of the molecule is CC(C)(C)OC(=O)N(COCC[Si](C)(C)C)C1=N[C@](CF)(c2cc(Br)ccc2F)[C@H]2C[C@@]2(Cn2cc([Si](C)(C)C)nn2)S1. The van der Waals surface area contributed by atoms with Crippen molar-refractivity contribution in [2.45, 2.75) is 94.9 Å². The second kappa shape index (κ2) is 12.3. The third-order valence-corrected chi connectivity index (χ3v) is 13.0. The Kier molecular flexibility index (Phi) is 9.79. The van der Waals surface area contributed by atoms with Crippen molar-refractivity contribution in [2.24, 2.45) is 10.9 Å². The summed E-state index contributed by atoms with van der Waals surface area (Å²) in [5.74, 6) is -0.885. The van der Waals surface area contributed by atoms with Crippen LogP contribution in [0.2, 0.25) is 45.3 Å². The zero-order valence-corrected chi connectivity index (χ0v) is 31.0. The van der Waals surface area contributed by atoms with E-state index in [-0.39, 0.29) is 23.4 Å². The maximum Gasteiger partial charge on any atom is 0.418 e. The predicted octanol–water partition coefficient (Wildman–Crippen LogP) is 7.00. The summed E-state index contributed by atoms with van der Waals surface area (Å²) in [6.45, 7) is 18.5. The zero-order chi connectivity index (χ0) is 32.0. The van der Waals surface area contributed by atoms with Gasteiger partial charge in [0.25, 0.3) is 0 Å². The van der Waals surface area contributed by atoms with Crippen LogP contribution in [-0.2, 0) is 21.6 Å². The van der Waals surface area contributed by atoms with Crippen molar-refractivity contribution < 1.29 is 23.0 Å². The number of fused-ring (bicyclic) bond motifs is 1. The average Bonchev–Trinajstić information content (AvgIpc) is 3.38. The Hall–Kier alpha value is -1.62. The molecule has 14 heteroatoms. The van der Waals surface area contributed by atoms with Crippen molar-refractivity contribution in [1.82, 2.24) is 19.9 Å². The highest BCUT2D eigenvalue weighted by Crippen LogP contribution is 2.67. The number of amidine groups is 1. The normalized spacial score (nSPS) is 23.9. The fourth-order valence-corrected chi connectivity index (χ4v) is 8.67. The summed E-state index contributed by atoms with van der Waals surface area (Å²) in [6.07, 6.45) is 1.87. The smallest absolute Gasteiger partial charge is 0.418 e. The maximum absolute atomic E-state index is 15.5. The summed E-state index contributed by atoms with van der Waals surface area (Å²) in [4.78, 5) is 19.9. The summed E-state index contributed by atoms with van der Waals surface area (Å²) in [5, 5.41) is 10.1. The van der Waals surface area contributed by atoms with E-state index < -0.39 is 50.6 Å². The number of halogens is 3. The summed E-state index contributed by atoms with van der Waals surface area (Å²) in [6, 6.07) is 5.40. The van der Waals surface area contributed by atoms with E-state index in [1.807, 2.05) is 6.20 Å². The van der Waals surface area contributed by atoms with E-state index >= 15 is 8.78 Å². The minimum Gasteiger partial charge on any atom is -0.443 e. The van der Waals surface area contributed by atoms with Crippen molar-refractivity contribution in [3.8, 4) is 0 Å². The van der Waals surface area contributed by atoms with Crippen molar-refractivity contribution in [3.63, 3.8) is 0 Å². The molecule has 0 bridgehead atoms. The largest absolute Gasteiger partial charge is 0.443 e. The Labute approximate surface area is 268 Å². The summed E-state index contributed by atoms with van der Waals surface area (Å²) >= 11 is 4.83. The number of hydrogen-bond acceptors (Lipinski definition) is 7. The molecule has 4 rings (SSSR count). The van der Waals surface area contributed by atoms with Gasteiger partial charge in [0, 0.05) is 41.6 Å². The molecular formula is C29H44BrF2N5O3SSi2. The van der Waals surface area contributed by atoms with Gasteiger partial charge in [0.15, 0.2) is 5.17 Å². The van der Waals surface area contributed by atoms with Crippen LogP contribution < -0.4 is 5.32 Å². The Bertz CT molecular complexity index is 1380. The highest BCUT2D eigenvalue weighted by atomic mass is 79.9. The molecule has 2 heterocycles. The minimum absolute atomic E-state index is 0.113. The van der Waals surface area contributed by atoms with Gasteiger partial charge >= 0.3 is 6.09 Å². The fraction of sp³-hybridized carbons (Fsp3) is 0.655. The van der Waals surface area contributed by atoms with Crippen LogP contribution in [0.25, 0.3) is 0 Å². The molecule has 1 aromatic carbocycles. The molecule has 0 saturated heterocycles. The van der Waals surface area contributed by atoms with Crippen LogP contribution in [-0.4, -0.2) is 77.7 Å². The number of hydrogen-bond donors (Lipinski definition) is 0. The molecule has 43 heavy (non-hydrogen) atoms. The van der Waals surface area contributed by atoms with Gasteiger partial charge in [0.2, 0.25) is 0 Å². The van der Waals surface area contributed by atoms with Crippen LogP contribution in [0.3, 0.4) is 0 Å². The van der Waals surface area contributed by atoms with Crippen molar-refractivity contribution >= 4 is 60.4 Å². The van der Waals surface area contributed by atoms with Crippen LogP contribution >= 0.6 is 27.7 Å². The molecule has 0 spiro atoms. The summed E-state index contributed by atoms with van der Waals surface area (Å²) in [5.41, 5.74) is -2.18. The molecule has 0 radical (unpaired) electrons. The molecule has 3 atom stereocenters. The standard InChI is InChI=1S/C29H44BrF2N5O3SSi2/c1-27(2,3)40-26(38)37(19-39-12-13-42(4,5)6)25-33-29(17-31,21-14-20(30)10-11-22(21)32)23-15-28(23,41-25)18-36-16-24(34-35-36)43(7,8)9/h10-11,14,16,23H,12-13,15,17-19H2,1-9H3/t23-,28-,29+/m0/s1. The number of aromatic nitrogens is 3. The molecular weight excluding hydrogens is 672 g/mol. The molecule has 238 valence electrons. The van der Waals surface area contributed by atoms with E-state index in [0.717, 1.165) is 11.4 Å². The number of alkyl halides is 1. The highest BCUT2D eigenvalue weighted by molar-refractivity contribution is 9.10. The topological polar surface area (TPSA) is 81.8 Å². The van der Waals surface area contributed by atoms with E-state index in [4.69, 9.17) is 14.5 Å². The molecule has 1 aromatic heterocycles. The maximum atomic E-state index is 15.5. The van der Waals surface area contributed by atoms with Crippen molar-refractivity contribution in [1.29, 1.82) is 0 Å². The van der Waals surface area contributed by atoms with Gasteiger partial charge in [-0.3, -0.25) is 4.68 Å². The van der Waals surface area contributed by atoms with Crippen molar-refractivity contribution in [2.75, 3.05) is 20.0 Å². The van der Waals surface area contributed by atoms with E-state index in [0.29, 0.717) is 24.0 Å². The predicted molar refractivity (Wildman–Crippen MR) is 178 cm³/mol. The lowest BCUT2D eigenvalue weighted by molar-refractivity contribution is 0.0109. The summed E-state index contributed by atoms with van der Waals surface area (Å²) < 4.78 is 44.7. The molecule has 2 aromatic rings. The quantitative estimate of drug-likeness (QED) is 0.150. The molecule has 1 aliphatic carbocycles. The molecule has 0 N–H and O–H groups in total. The van der Waals surface area contributed by atoms with Gasteiger partial charge in [0.1, 0.15) is 38.4 Å². The van der Waals surface area contributed by atoms with Crippen LogP contribution in [0.4, 0.5) is 13.6 Å². The number of aliphatic imine (C=N–C) groups is 1. The Balaban J connectivity index is 1.78. The highest BCUT2D eigenvalue weighted by Gasteiger charge is 2.69. The monoisotopic (exact) mass is 715 g/mol. The first-order chi connectivity index (χ1) is 19.8. The molecule has 1 amide bonds. The number of carbonyl (C=O) groups is 1. The van der Waals surface area contributed by atoms with Gasteiger partial charge in [-0.05, 0) is 51.4 Å². The van der Waals surface area contributed by atoms with Crippen molar-refractivity contribution in [3.05, 3.63) is 40.2 Å². The molecule has 0 unspecified atom stereocenters. The van der Waals surface area contributed by atoms with E-state index in [1.54, 1.807) is 37.6 Å². The zero-order valence-electron chi connectivity index (χ0n) is 26.6. The van der Waals surface area contributed by atoms with Gasteiger partial charge in [-0.25, -0.2) is 23.5 Å². The van der Waals surface area contributed by atoms with E-state index in [1.165, 1.54) is 22.7 Å². The number of ether oxygens (including phenoxy) is 2. The first-order valence-electron chi connectivity index (χ1n) is 14.6. The molecule has 1 aliphatic heterocycles. The van der Waals surface area contributed by atoms with Crippen LogP contribution in [0.1, 0.15) is 32.8 Å².